The van der Waals surface area contributed by atoms with Crippen molar-refractivity contribution in [1.82, 2.24) is 15.5 Å². The Morgan fingerprint density at radius 3 is 2.46 bits per heavy atom. The summed E-state index contributed by atoms with van der Waals surface area (Å²) in [7, 11) is 3.27. The Morgan fingerprint density at radius 1 is 1.19 bits per heavy atom. The minimum absolute atomic E-state index is 0.0381. The van der Waals surface area contributed by atoms with Crippen LogP contribution in [0.1, 0.15) is 18.7 Å². The van der Waals surface area contributed by atoms with Crippen molar-refractivity contribution in [2.75, 3.05) is 14.1 Å². The number of furan rings is 1. The monoisotopic (exact) mass is 377 g/mol. The standard InChI is InChI=1S/C18H17F2N3O2S/c1-9-14(17(24)23(2)3)16(22-18(26)21-9)13-8-7-12(25-13)15-10(19)5-4-6-11(15)20/h4-8,16H,1-3H3,(H2,21,22,26). The molecule has 1 atom stereocenters. The van der Waals surface area contributed by atoms with Gasteiger partial charge in [-0.3, -0.25) is 4.79 Å². The molecular weight excluding hydrogens is 360 g/mol. The van der Waals surface area contributed by atoms with Crippen LogP contribution in [0.15, 0.2) is 46.0 Å². The number of amides is 1. The number of carbonyl (C=O) groups is 1. The van der Waals surface area contributed by atoms with Crippen LogP contribution in [-0.2, 0) is 4.79 Å². The Hall–Kier alpha value is -2.74. The minimum atomic E-state index is -0.726. The lowest BCUT2D eigenvalue weighted by molar-refractivity contribution is -0.125. The summed E-state index contributed by atoms with van der Waals surface area (Å²) in [5.41, 5.74) is 0.752. The van der Waals surface area contributed by atoms with E-state index in [-0.39, 0.29) is 17.2 Å². The van der Waals surface area contributed by atoms with E-state index < -0.39 is 17.7 Å². The van der Waals surface area contributed by atoms with Gasteiger partial charge in [0.25, 0.3) is 5.91 Å². The third-order valence-corrected chi connectivity index (χ3v) is 4.25. The van der Waals surface area contributed by atoms with Crippen molar-refractivity contribution in [1.29, 1.82) is 0 Å². The molecule has 0 saturated heterocycles. The predicted molar refractivity (Wildman–Crippen MR) is 97.1 cm³/mol. The van der Waals surface area contributed by atoms with Gasteiger partial charge in [-0.15, -0.1) is 0 Å². The number of rotatable bonds is 3. The molecule has 5 nitrogen and oxygen atoms in total. The van der Waals surface area contributed by atoms with Crippen LogP contribution in [0.25, 0.3) is 11.3 Å². The number of allylic oxidation sites excluding steroid dienone is 1. The van der Waals surface area contributed by atoms with Gasteiger partial charge in [0, 0.05) is 19.8 Å². The molecule has 0 radical (unpaired) electrons. The van der Waals surface area contributed by atoms with Crippen LogP contribution in [0.5, 0.6) is 0 Å². The molecule has 8 heteroatoms. The fraction of sp³-hybridized carbons (Fsp3) is 0.222. The normalized spacial score (nSPS) is 17.0. The number of benzene rings is 1. The molecule has 0 spiro atoms. The van der Waals surface area contributed by atoms with E-state index in [9.17, 15) is 13.6 Å². The van der Waals surface area contributed by atoms with E-state index in [1.807, 2.05) is 0 Å². The first kappa shape index (κ1) is 18.1. The Balaban J connectivity index is 2.06. The predicted octanol–water partition coefficient (Wildman–Crippen LogP) is 3.11. The summed E-state index contributed by atoms with van der Waals surface area (Å²) < 4.78 is 33.7. The maximum Gasteiger partial charge on any atom is 0.253 e. The lowest BCUT2D eigenvalue weighted by Crippen LogP contribution is -2.46. The van der Waals surface area contributed by atoms with Crippen molar-refractivity contribution in [3.05, 3.63) is 59.0 Å². The highest BCUT2D eigenvalue weighted by Crippen LogP contribution is 2.33. The molecule has 2 heterocycles. The van der Waals surface area contributed by atoms with Crippen molar-refractivity contribution < 1.29 is 18.0 Å². The highest BCUT2D eigenvalue weighted by atomic mass is 32.1. The third kappa shape index (κ3) is 3.20. The van der Waals surface area contributed by atoms with Crippen LogP contribution < -0.4 is 10.6 Å². The van der Waals surface area contributed by atoms with E-state index in [1.165, 1.54) is 17.0 Å². The Bertz CT molecular complexity index is 901. The van der Waals surface area contributed by atoms with Gasteiger partial charge in [-0.1, -0.05) is 6.07 Å². The zero-order valence-electron chi connectivity index (χ0n) is 14.4. The second kappa shape index (κ2) is 6.87. The molecule has 0 aliphatic carbocycles. The van der Waals surface area contributed by atoms with Gasteiger partial charge >= 0.3 is 0 Å². The molecule has 2 aromatic rings. The van der Waals surface area contributed by atoms with Crippen LogP contribution in [0.2, 0.25) is 0 Å². The lowest BCUT2D eigenvalue weighted by Gasteiger charge is -2.30. The summed E-state index contributed by atoms with van der Waals surface area (Å²) in [6, 6.07) is 5.97. The summed E-state index contributed by atoms with van der Waals surface area (Å²) in [6.07, 6.45) is 0. The number of nitrogens with one attached hydrogen (secondary N) is 2. The summed E-state index contributed by atoms with van der Waals surface area (Å²) in [6.45, 7) is 1.73. The van der Waals surface area contributed by atoms with Crippen LogP contribution in [-0.4, -0.2) is 30.0 Å². The number of likely N-dealkylation sites (N-methyl/N-ethyl adjacent to an activating group) is 1. The molecule has 1 aliphatic rings. The summed E-state index contributed by atoms with van der Waals surface area (Å²) in [5, 5.41) is 6.22. The molecule has 3 rings (SSSR count). The van der Waals surface area contributed by atoms with Crippen LogP contribution in [0, 0.1) is 11.6 Å². The number of carbonyl (C=O) groups excluding carboxylic acids is 1. The van der Waals surface area contributed by atoms with E-state index in [2.05, 4.69) is 10.6 Å². The van der Waals surface area contributed by atoms with Crippen molar-refractivity contribution in [2.45, 2.75) is 13.0 Å². The fourth-order valence-corrected chi connectivity index (χ4v) is 3.08. The Morgan fingerprint density at radius 2 is 1.85 bits per heavy atom. The van der Waals surface area contributed by atoms with Gasteiger partial charge in [0.1, 0.15) is 29.2 Å². The first-order valence-electron chi connectivity index (χ1n) is 7.83. The average molecular weight is 377 g/mol. The van der Waals surface area contributed by atoms with Crippen molar-refractivity contribution >= 4 is 23.2 Å². The number of hydrogen-bond donors (Lipinski definition) is 2. The minimum Gasteiger partial charge on any atom is -0.458 e. The van der Waals surface area contributed by atoms with E-state index >= 15 is 0 Å². The quantitative estimate of drug-likeness (QED) is 0.805. The van der Waals surface area contributed by atoms with Crippen LogP contribution in [0.4, 0.5) is 8.78 Å². The number of hydrogen-bond acceptors (Lipinski definition) is 3. The fourth-order valence-electron chi connectivity index (χ4n) is 2.81. The molecule has 26 heavy (non-hydrogen) atoms. The second-order valence-electron chi connectivity index (χ2n) is 6.07. The largest absolute Gasteiger partial charge is 0.458 e. The van der Waals surface area contributed by atoms with Crippen molar-refractivity contribution in [3.63, 3.8) is 0 Å². The maximum absolute atomic E-state index is 14.0. The van der Waals surface area contributed by atoms with Crippen LogP contribution >= 0.6 is 12.2 Å². The van der Waals surface area contributed by atoms with Gasteiger partial charge < -0.3 is 20.0 Å². The topological polar surface area (TPSA) is 57.5 Å². The van der Waals surface area contributed by atoms with E-state index in [0.717, 1.165) is 12.1 Å². The SMILES string of the molecule is CC1=C(C(=O)N(C)C)C(c2ccc(-c3c(F)cccc3F)o2)NC(=S)N1. The molecular formula is C18H17F2N3O2S. The van der Waals surface area contributed by atoms with Crippen molar-refractivity contribution in [3.8, 4) is 11.3 Å². The second-order valence-corrected chi connectivity index (χ2v) is 6.48. The third-order valence-electron chi connectivity index (χ3n) is 4.03. The molecule has 2 N–H and O–H groups in total. The van der Waals surface area contributed by atoms with E-state index in [0.29, 0.717) is 22.1 Å². The van der Waals surface area contributed by atoms with Gasteiger partial charge in [0.15, 0.2) is 5.11 Å². The van der Waals surface area contributed by atoms with Crippen molar-refractivity contribution in [2.24, 2.45) is 0 Å². The molecule has 1 amide bonds. The van der Waals surface area contributed by atoms with Gasteiger partial charge in [0.05, 0.1) is 11.1 Å². The summed E-state index contributed by atoms with van der Waals surface area (Å²) >= 11 is 5.16. The number of nitrogens with zero attached hydrogens (tertiary/aromatic N) is 1. The van der Waals surface area contributed by atoms with Gasteiger partial charge in [-0.05, 0) is 43.4 Å². The molecule has 1 aromatic carbocycles. The van der Waals surface area contributed by atoms with Gasteiger partial charge in [0.2, 0.25) is 0 Å². The van der Waals surface area contributed by atoms with E-state index in [4.69, 9.17) is 16.6 Å². The highest BCUT2D eigenvalue weighted by molar-refractivity contribution is 7.80. The molecule has 1 aromatic heterocycles. The number of halogens is 2. The van der Waals surface area contributed by atoms with Gasteiger partial charge in [-0.2, -0.15) is 0 Å². The Kier molecular flexibility index (Phi) is 4.78. The number of thiocarbonyl (C=S) groups is 1. The zero-order chi connectivity index (χ0) is 19.0. The first-order chi connectivity index (χ1) is 12.3. The summed E-state index contributed by atoms with van der Waals surface area (Å²) in [5.74, 6) is -1.32. The average Bonchev–Trinajstić information content (AvgIpc) is 3.03. The molecule has 0 bridgehead atoms. The molecule has 136 valence electrons. The first-order valence-corrected chi connectivity index (χ1v) is 8.24. The smallest absolute Gasteiger partial charge is 0.253 e. The molecule has 1 aliphatic heterocycles. The lowest BCUT2D eigenvalue weighted by atomic mass is 9.99. The highest BCUT2D eigenvalue weighted by Gasteiger charge is 2.33. The van der Waals surface area contributed by atoms with E-state index in [1.54, 1.807) is 27.1 Å². The van der Waals surface area contributed by atoms with Gasteiger partial charge in [-0.25, -0.2) is 8.78 Å². The molecule has 0 saturated carbocycles. The van der Waals surface area contributed by atoms with Crippen LogP contribution in [0.3, 0.4) is 0 Å². The molecule has 0 fully saturated rings. The molecule has 1 unspecified atom stereocenters. The zero-order valence-corrected chi connectivity index (χ0v) is 15.2. The maximum atomic E-state index is 14.0. The summed E-state index contributed by atoms with van der Waals surface area (Å²) in [4.78, 5) is 14.0. The Labute approximate surface area is 154 Å².